The number of pyridine rings is 1. The normalized spacial score (nSPS) is 10.4. The van der Waals surface area contributed by atoms with Crippen LogP contribution >= 0.6 is 15.9 Å². The maximum absolute atomic E-state index is 11.5. The van der Waals surface area contributed by atoms with E-state index < -0.39 is 0 Å². The fraction of sp³-hybridized carbons (Fsp3) is 0.100. The van der Waals surface area contributed by atoms with Gasteiger partial charge in [-0.3, -0.25) is 4.79 Å². The van der Waals surface area contributed by atoms with Crippen molar-refractivity contribution in [3.05, 3.63) is 39.2 Å². The van der Waals surface area contributed by atoms with Gasteiger partial charge in [-0.05, 0) is 23.6 Å². The number of aromatic amines is 1. The summed E-state index contributed by atoms with van der Waals surface area (Å²) in [7, 11) is 1.55. The summed E-state index contributed by atoms with van der Waals surface area (Å²) in [5.74, 6) is 0.580. The highest BCUT2D eigenvalue weighted by atomic mass is 79.9. The van der Waals surface area contributed by atoms with Gasteiger partial charge >= 0.3 is 0 Å². The van der Waals surface area contributed by atoms with E-state index in [0.29, 0.717) is 11.1 Å². The largest absolute Gasteiger partial charge is 0.496 e. The van der Waals surface area contributed by atoms with Gasteiger partial charge in [0.1, 0.15) is 5.75 Å². The molecule has 2 rings (SSSR count). The van der Waals surface area contributed by atoms with Gasteiger partial charge in [-0.2, -0.15) is 0 Å². The Labute approximate surface area is 88.8 Å². The fourth-order valence-corrected chi connectivity index (χ4v) is 1.87. The highest BCUT2D eigenvalue weighted by molar-refractivity contribution is 9.10. The summed E-state index contributed by atoms with van der Waals surface area (Å²) in [6.07, 6.45) is 1.62. The van der Waals surface area contributed by atoms with Crippen LogP contribution in [0.25, 0.3) is 10.8 Å². The Kier molecular flexibility index (Phi) is 2.29. The SMILES string of the molecule is COc1cc(Br)cc2cc[nH]c(=O)c12. The number of rotatable bonds is 1. The number of ether oxygens (including phenoxy) is 1. The number of halogens is 1. The summed E-state index contributed by atoms with van der Waals surface area (Å²) in [6, 6.07) is 5.49. The van der Waals surface area contributed by atoms with Crippen molar-refractivity contribution in [2.75, 3.05) is 7.11 Å². The molecule has 1 aromatic carbocycles. The van der Waals surface area contributed by atoms with E-state index in [9.17, 15) is 4.79 Å². The molecule has 0 saturated heterocycles. The molecule has 0 unspecified atom stereocenters. The van der Waals surface area contributed by atoms with E-state index in [1.165, 1.54) is 0 Å². The maximum Gasteiger partial charge on any atom is 0.259 e. The lowest BCUT2D eigenvalue weighted by Crippen LogP contribution is -2.05. The Balaban J connectivity index is 2.96. The van der Waals surface area contributed by atoms with E-state index in [1.807, 2.05) is 12.1 Å². The lowest BCUT2D eigenvalue weighted by atomic mass is 10.1. The molecule has 4 heteroatoms. The molecule has 0 radical (unpaired) electrons. The molecule has 0 aliphatic heterocycles. The van der Waals surface area contributed by atoms with Crippen LogP contribution in [-0.4, -0.2) is 12.1 Å². The number of H-pyrrole nitrogens is 1. The van der Waals surface area contributed by atoms with Crippen molar-refractivity contribution in [3.63, 3.8) is 0 Å². The third-order valence-electron chi connectivity index (χ3n) is 2.02. The smallest absolute Gasteiger partial charge is 0.259 e. The molecule has 0 spiro atoms. The van der Waals surface area contributed by atoms with E-state index in [-0.39, 0.29) is 5.56 Å². The molecule has 72 valence electrons. The summed E-state index contributed by atoms with van der Waals surface area (Å²) >= 11 is 3.36. The molecule has 0 aliphatic carbocycles. The standard InChI is InChI=1S/C10H8BrNO2/c1-14-8-5-7(11)4-6-2-3-12-10(13)9(6)8/h2-5H,1H3,(H,12,13). The van der Waals surface area contributed by atoms with Crippen LogP contribution in [0.1, 0.15) is 0 Å². The zero-order chi connectivity index (χ0) is 10.1. The highest BCUT2D eigenvalue weighted by Crippen LogP contribution is 2.26. The second kappa shape index (κ2) is 3.46. The average Bonchev–Trinajstić information content (AvgIpc) is 2.16. The van der Waals surface area contributed by atoms with Crippen molar-refractivity contribution in [2.45, 2.75) is 0 Å². The number of benzene rings is 1. The monoisotopic (exact) mass is 253 g/mol. The second-order valence-corrected chi connectivity index (χ2v) is 3.79. The average molecular weight is 254 g/mol. The molecule has 0 fully saturated rings. The van der Waals surface area contributed by atoms with Crippen LogP contribution in [0.15, 0.2) is 33.7 Å². The number of nitrogens with one attached hydrogen (secondary N) is 1. The first kappa shape index (κ1) is 9.27. The highest BCUT2D eigenvalue weighted by Gasteiger charge is 2.06. The molecule has 1 N–H and O–H groups in total. The molecular formula is C10H8BrNO2. The van der Waals surface area contributed by atoms with Crippen molar-refractivity contribution in [2.24, 2.45) is 0 Å². The van der Waals surface area contributed by atoms with Gasteiger partial charge in [0.15, 0.2) is 0 Å². The van der Waals surface area contributed by atoms with E-state index in [4.69, 9.17) is 4.74 Å². The Morgan fingerprint density at radius 3 is 2.93 bits per heavy atom. The summed E-state index contributed by atoms with van der Waals surface area (Å²) in [5, 5.41) is 1.44. The number of methoxy groups -OCH3 is 1. The first-order valence-corrected chi connectivity index (χ1v) is 4.86. The Morgan fingerprint density at radius 2 is 2.21 bits per heavy atom. The van der Waals surface area contributed by atoms with Crippen LogP contribution in [0.2, 0.25) is 0 Å². The van der Waals surface area contributed by atoms with E-state index >= 15 is 0 Å². The Morgan fingerprint density at radius 1 is 1.43 bits per heavy atom. The van der Waals surface area contributed by atoms with Gasteiger partial charge in [-0.15, -0.1) is 0 Å². The number of fused-ring (bicyclic) bond motifs is 1. The lowest BCUT2D eigenvalue weighted by Gasteiger charge is -2.04. The van der Waals surface area contributed by atoms with Gasteiger partial charge in [0.2, 0.25) is 0 Å². The number of aromatic nitrogens is 1. The summed E-state index contributed by atoms with van der Waals surface area (Å²) in [5.41, 5.74) is -0.133. The quantitative estimate of drug-likeness (QED) is 0.848. The van der Waals surface area contributed by atoms with Crippen molar-refractivity contribution >= 4 is 26.7 Å². The van der Waals surface area contributed by atoms with Crippen molar-refractivity contribution in [1.29, 1.82) is 0 Å². The molecule has 1 heterocycles. The molecular weight excluding hydrogens is 246 g/mol. The van der Waals surface area contributed by atoms with Crippen molar-refractivity contribution < 1.29 is 4.74 Å². The molecule has 0 atom stereocenters. The molecule has 0 bridgehead atoms. The van der Waals surface area contributed by atoms with E-state index in [2.05, 4.69) is 20.9 Å². The Hall–Kier alpha value is -1.29. The molecule has 3 nitrogen and oxygen atoms in total. The van der Waals surface area contributed by atoms with E-state index in [1.54, 1.807) is 19.4 Å². The number of hydrogen-bond donors (Lipinski definition) is 1. The minimum atomic E-state index is -0.133. The van der Waals surface area contributed by atoms with Crippen LogP contribution in [0.5, 0.6) is 5.75 Å². The van der Waals surface area contributed by atoms with Crippen LogP contribution in [0, 0.1) is 0 Å². The molecule has 0 saturated carbocycles. The molecule has 0 aliphatic rings. The molecule has 2 aromatic rings. The first-order valence-electron chi connectivity index (χ1n) is 4.07. The van der Waals surface area contributed by atoms with Gasteiger partial charge < -0.3 is 9.72 Å². The maximum atomic E-state index is 11.5. The minimum Gasteiger partial charge on any atom is -0.496 e. The third-order valence-corrected chi connectivity index (χ3v) is 2.48. The Bertz CT molecular complexity index is 533. The lowest BCUT2D eigenvalue weighted by molar-refractivity contribution is 0.419. The number of hydrogen-bond acceptors (Lipinski definition) is 2. The first-order chi connectivity index (χ1) is 6.72. The van der Waals surface area contributed by atoms with Gasteiger partial charge in [-0.1, -0.05) is 15.9 Å². The topological polar surface area (TPSA) is 42.1 Å². The zero-order valence-corrected chi connectivity index (χ0v) is 9.09. The van der Waals surface area contributed by atoms with Crippen LogP contribution in [0.4, 0.5) is 0 Å². The molecule has 1 aromatic heterocycles. The van der Waals surface area contributed by atoms with Gasteiger partial charge in [0.05, 0.1) is 12.5 Å². The van der Waals surface area contributed by atoms with Gasteiger partial charge in [-0.25, -0.2) is 0 Å². The van der Waals surface area contributed by atoms with Crippen LogP contribution in [-0.2, 0) is 0 Å². The van der Waals surface area contributed by atoms with Crippen LogP contribution < -0.4 is 10.3 Å². The van der Waals surface area contributed by atoms with Crippen LogP contribution in [0.3, 0.4) is 0 Å². The predicted octanol–water partition coefficient (Wildman–Crippen LogP) is 2.30. The molecule has 0 amide bonds. The summed E-state index contributed by atoms with van der Waals surface area (Å²) in [4.78, 5) is 14.1. The minimum absolute atomic E-state index is 0.133. The summed E-state index contributed by atoms with van der Waals surface area (Å²) in [6.45, 7) is 0. The van der Waals surface area contributed by atoms with E-state index in [0.717, 1.165) is 9.86 Å². The molecule has 14 heavy (non-hydrogen) atoms. The fourth-order valence-electron chi connectivity index (χ4n) is 1.42. The van der Waals surface area contributed by atoms with Crippen molar-refractivity contribution in [1.82, 2.24) is 4.98 Å². The summed E-state index contributed by atoms with van der Waals surface area (Å²) < 4.78 is 6.03. The predicted molar refractivity (Wildman–Crippen MR) is 58.8 cm³/mol. The van der Waals surface area contributed by atoms with Gasteiger partial charge in [0.25, 0.3) is 5.56 Å². The zero-order valence-electron chi connectivity index (χ0n) is 7.50. The van der Waals surface area contributed by atoms with Gasteiger partial charge in [0, 0.05) is 10.7 Å². The second-order valence-electron chi connectivity index (χ2n) is 2.88. The van der Waals surface area contributed by atoms with Crippen molar-refractivity contribution in [3.8, 4) is 5.75 Å². The third kappa shape index (κ3) is 1.42.